The quantitative estimate of drug-likeness (QED) is 0.221. The lowest BCUT2D eigenvalue weighted by Crippen LogP contribution is -2.37. The van der Waals surface area contributed by atoms with Crippen molar-refractivity contribution in [2.45, 2.75) is 31.8 Å². The number of aryl methyl sites for hydroxylation is 1. The van der Waals surface area contributed by atoms with Crippen molar-refractivity contribution in [3.63, 3.8) is 0 Å². The summed E-state index contributed by atoms with van der Waals surface area (Å²) in [6.07, 6.45) is -0.449. The highest BCUT2D eigenvalue weighted by Crippen LogP contribution is 2.29. The smallest absolute Gasteiger partial charge is 0.411 e. The standard InChI is InChI=1S/C31H30N4O5/c1-18-14-22-9-8-19(18)12-13-40-31(39)34-23-6-2-5-21(16-23)27(17-28(36)37)35-30(38)29(22)33-24-10-11-25-20(15-24)4-3-7-26(25)32/h2-11,14-16,27,29,33H,12-13,17,32H2,1H3,(H,34,39)(H,35,38)(H,36,37)/t27?,29-/m0/s1. The molecule has 9 nitrogen and oxygen atoms in total. The lowest BCUT2D eigenvalue weighted by molar-refractivity contribution is -0.137. The lowest BCUT2D eigenvalue weighted by Gasteiger charge is -2.25. The molecule has 0 spiro atoms. The van der Waals surface area contributed by atoms with Gasteiger partial charge in [-0.25, -0.2) is 4.79 Å². The predicted molar refractivity (Wildman–Crippen MR) is 154 cm³/mol. The number of carbonyl (C=O) groups is 3. The highest BCUT2D eigenvalue weighted by Gasteiger charge is 2.26. The number of nitrogen functional groups attached to an aromatic ring is 1. The largest absolute Gasteiger partial charge is 0.481 e. The van der Waals surface area contributed by atoms with Crippen LogP contribution in [0.4, 0.5) is 21.9 Å². The number of carbonyl (C=O) groups excluding carboxylic acids is 2. The summed E-state index contributed by atoms with van der Waals surface area (Å²) >= 11 is 0. The van der Waals surface area contributed by atoms with Crippen molar-refractivity contribution < 1.29 is 24.2 Å². The Bertz CT molecular complexity index is 1600. The minimum Gasteiger partial charge on any atom is -0.481 e. The molecule has 0 saturated heterocycles. The Labute approximate surface area is 231 Å². The number of rotatable bonds is 4. The summed E-state index contributed by atoms with van der Waals surface area (Å²) in [5.41, 5.74) is 11.1. The number of nitrogens with one attached hydrogen (secondary N) is 3. The third kappa shape index (κ3) is 5.99. The molecule has 2 aliphatic rings. The van der Waals surface area contributed by atoms with Gasteiger partial charge in [0.05, 0.1) is 19.1 Å². The number of nitrogens with two attached hydrogens (primary N) is 1. The van der Waals surface area contributed by atoms with Crippen LogP contribution in [0, 0.1) is 6.92 Å². The van der Waals surface area contributed by atoms with Gasteiger partial charge in [-0.15, -0.1) is 0 Å². The Morgan fingerprint density at radius 1 is 1.02 bits per heavy atom. The first-order valence-corrected chi connectivity index (χ1v) is 13.0. The fourth-order valence-corrected chi connectivity index (χ4v) is 4.97. The van der Waals surface area contributed by atoms with Crippen LogP contribution in [0.3, 0.4) is 0 Å². The molecule has 0 fully saturated rings. The summed E-state index contributed by atoms with van der Waals surface area (Å²) in [5.74, 6) is -1.47. The Balaban J connectivity index is 1.56. The summed E-state index contributed by atoms with van der Waals surface area (Å²) in [7, 11) is 0. The van der Waals surface area contributed by atoms with Gasteiger partial charge in [0.15, 0.2) is 0 Å². The molecule has 4 aromatic carbocycles. The maximum Gasteiger partial charge on any atom is 0.411 e. The highest BCUT2D eigenvalue weighted by molar-refractivity contribution is 5.95. The van der Waals surface area contributed by atoms with E-state index >= 15 is 0 Å². The van der Waals surface area contributed by atoms with Crippen molar-refractivity contribution in [2.75, 3.05) is 23.0 Å². The number of carboxylic acids is 1. The molecule has 9 heteroatoms. The van der Waals surface area contributed by atoms with E-state index in [2.05, 4.69) is 16.0 Å². The second-order valence-electron chi connectivity index (χ2n) is 9.84. The number of ether oxygens (including phenoxy) is 1. The number of fused-ring (bicyclic) bond motifs is 10. The van der Waals surface area contributed by atoms with E-state index in [1.807, 2.05) is 61.5 Å². The molecule has 1 unspecified atom stereocenters. The van der Waals surface area contributed by atoms with Crippen LogP contribution in [-0.2, 0) is 20.7 Å². The van der Waals surface area contributed by atoms with Crippen LogP contribution < -0.4 is 21.7 Å². The summed E-state index contributed by atoms with van der Waals surface area (Å²) in [6.45, 7) is 2.11. The first-order valence-electron chi connectivity index (χ1n) is 13.0. The number of hydrogen-bond donors (Lipinski definition) is 5. The van der Waals surface area contributed by atoms with Crippen LogP contribution in [-0.4, -0.2) is 29.7 Å². The molecule has 0 aliphatic carbocycles. The molecular weight excluding hydrogens is 508 g/mol. The molecule has 0 aromatic heterocycles. The Kier molecular flexibility index (Phi) is 7.54. The van der Waals surface area contributed by atoms with Gasteiger partial charge in [-0.1, -0.05) is 48.5 Å². The van der Waals surface area contributed by atoms with Crippen molar-refractivity contribution in [2.24, 2.45) is 0 Å². The zero-order chi connectivity index (χ0) is 28.2. The predicted octanol–water partition coefficient (Wildman–Crippen LogP) is 5.32. The van der Waals surface area contributed by atoms with Gasteiger partial charge in [-0.3, -0.25) is 14.9 Å². The van der Waals surface area contributed by atoms with Gasteiger partial charge < -0.3 is 26.2 Å². The molecular formula is C31H30N4O5. The zero-order valence-electron chi connectivity index (χ0n) is 21.9. The van der Waals surface area contributed by atoms with E-state index in [-0.39, 0.29) is 13.0 Å². The number of hydrogen-bond acceptors (Lipinski definition) is 6. The molecule has 4 bridgehead atoms. The Hall–Kier alpha value is -5.05. The summed E-state index contributed by atoms with van der Waals surface area (Å²) < 4.78 is 5.37. The monoisotopic (exact) mass is 538 g/mol. The van der Waals surface area contributed by atoms with Crippen LogP contribution in [0.5, 0.6) is 0 Å². The summed E-state index contributed by atoms with van der Waals surface area (Å²) in [5, 5.41) is 20.4. The second kappa shape index (κ2) is 11.4. The molecule has 40 heavy (non-hydrogen) atoms. The molecule has 0 saturated carbocycles. The Morgan fingerprint density at radius 2 is 1.85 bits per heavy atom. The van der Waals surface area contributed by atoms with E-state index in [9.17, 15) is 19.5 Å². The average Bonchev–Trinajstić information content (AvgIpc) is 2.92. The number of amides is 2. The van der Waals surface area contributed by atoms with E-state index in [1.54, 1.807) is 24.3 Å². The van der Waals surface area contributed by atoms with E-state index in [1.165, 1.54) is 0 Å². The second-order valence-corrected chi connectivity index (χ2v) is 9.84. The van der Waals surface area contributed by atoms with Crippen molar-refractivity contribution in [1.29, 1.82) is 0 Å². The molecule has 2 amide bonds. The van der Waals surface area contributed by atoms with Crippen molar-refractivity contribution >= 4 is 45.8 Å². The van der Waals surface area contributed by atoms with Gasteiger partial charge in [0, 0.05) is 28.9 Å². The van der Waals surface area contributed by atoms with Crippen LogP contribution in [0.25, 0.3) is 10.8 Å². The average molecular weight is 539 g/mol. The van der Waals surface area contributed by atoms with Crippen molar-refractivity contribution in [3.8, 4) is 0 Å². The highest BCUT2D eigenvalue weighted by atomic mass is 16.5. The van der Waals surface area contributed by atoms with E-state index < -0.39 is 30.1 Å². The number of anilines is 3. The topological polar surface area (TPSA) is 143 Å². The molecule has 204 valence electrons. The lowest BCUT2D eigenvalue weighted by atomic mass is 9.96. The first-order chi connectivity index (χ1) is 19.3. The molecule has 6 N–H and O–H groups in total. The maximum absolute atomic E-state index is 13.9. The molecule has 2 aliphatic heterocycles. The summed E-state index contributed by atoms with van der Waals surface area (Å²) in [4.78, 5) is 38.0. The van der Waals surface area contributed by atoms with E-state index in [4.69, 9.17) is 10.5 Å². The molecule has 4 aromatic rings. The fraction of sp³-hybridized carbons (Fsp3) is 0.194. The SMILES string of the molecule is Cc1cc2ccc1CCOC(=O)Nc1cccc(c1)C(CC(=O)O)NC(=O)[C@H]2Nc1ccc2c(N)cccc2c1. The van der Waals surface area contributed by atoms with Gasteiger partial charge in [0.1, 0.15) is 6.04 Å². The minimum atomic E-state index is -1.07. The van der Waals surface area contributed by atoms with Crippen LogP contribution >= 0.6 is 0 Å². The number of carboxylic acid groups (broad SMARTS) is 1. The van der Waals surface area contributed by atoms with Gasteiger partial charge >= 0.3 is 12.1 Å². The number of aliphatic carboxylic acids is 1. The zero-order valence-corrected chi connectivity index (χ0v) is 21.9. The van der Waals surface area contributed by atoms with Crippen molar-refractivity contribution in [1.82, 2.24) is 5.32 Å². The van der Waals surface area contributed by atoms with E-state index in [0.717, 1.165) is 21.9 Å². The van der Waals surface area contributed by atoms with Crippen LogP contribution in [0.15, 0.2) is 78.9 Å². The normalized spacial score (nSPS) is 17.5. The van der Waals surface area contributed by atoms with Gasteiger partial charge in [-0.2, -0.15) is 0 Å². The van der Waals surface area contributed by atoms with E-state index in [0.29, 0.717) is 34.6 Å². The van der Waals surface area contributed by atoms with Gasteiger partial charge in [0.2, 0.25) is 5.91 Å². The van der Waals surface area contributed by atoms with Gasteiger partial charge in [0.25, 0.3) is 0 Å². The third-order valence-electron chi connectivity index (χ3n) is 7.02. The molecule has 0 radical (unpaired) electrons. The fourth-order valence-electron chi connectivity index (χ4n) is 4.97. The van der Waals surface area contributed by atoms with Crippen LogP contribution in [0.2, 0.25) is 0 Å². The van der Waals surface area contributed by atoms with Crippen molar-refractivity contribution in [3.05, 3.63) is 101 Å². The minimum absolute atomic E-state index is 0.176. The Morgan fingerprint density at radius 3 is 2.65 bits per heavy atom. The van der Waals surface area contributed by atoms with Crippen LogP contribution in [0.1, 0.15) is 40.8 Å². The maximum atomic E-state index is 13.9. The molecule has 6 rings (SSSR count). The third-order valence-corrected chi connectivity index (χ3v) is 7.02. The van der Waals surface area contributed by atoms with Gasteiger partial charge in [-0.05, 0) is 64.9 Å². The number of benzene rings is 4. The summed E-state index contributed by atoms with van der Waals surface area (Å²) in [6, 6.07) is 22.1. The molecule has 2 atom stereocenters. The molecule has 2 heterocycles. The first kappa shape index (κ1) is 26.6.